The van der Waals surface area contributed by atoms with Gasteiger partial charge in [0.05, 0.1) is 11.9 Å². The first-order chi connectivity index (χ1) is 16.3. The van der Waals surface area contributed by atoms with Crippen LogP contribution in [0.4, 0.5) is 5.69 Å². The van der Waals surface area contributed by atoms with E-state index in [9.17, 15) is 18.0 Å². The highest BCUT2D eigenvalue weighted by Crippen LogP contribution is 2.28. The van der Waals surface area contributed by atoms with Gasteiger partial charge >= 0.3 is 0 Å². The zero-order chi connectivity index (χ0) is 26.5. The molecule has 2 amide bonds. The van der Waals surface area contributed by atoms with Crippen molar-refractivity contribution in [2.45, 2.75) is 52.7 Å². The smallest absolute Gasteiger partial charge is 0.244 e. The van der Waals surface area contributed by atoms with Crippen LogP contribution in [-0.2, 0) is 26.2 Å². The third-order valence-electron chi connectivity index (χ3n) is 5.33. The van der Waals surface area contributed by atoms with E-state index in [1.807, 2.05) is 13.8 Å². The number of amides is 2. The van der Waals surface area contributed by atoms with E-state index >= 15 is 0 Å². The lowest BCUT2D eigenvalue weighted by atomic mass is 10.1. The Morgan fingerprint density at radius 3 is 2.11 bits per heavy atom. The molecular weight excluding hydrogens is 533 g/mol. The van der Waals surface area contributed by atoms with Gasteiger partial charge in [-0.1, -0.05) is 53.9 Å². The number of hydrogen-bond acceptors (Lipinski definition) is 4. The van der Waals surface area contributed by atoms with Crippen LogP contribution in [0.5, 0.6) is 0 Å². The quantitative estimate of drug-likeness (QED) is 0.439. The van der Waals surface area contributed by atoms with Crippen LogP contribution in [0.25, 0.3) is 0 Å². The van der Waals surface area contributed by atoms with Gasteiger partial charge in [0, 0.05) is 33.2 Å². The van der Waals surface area contributed by atoms with Gasteiger partial charge in [0.25, 0.3) is 0 Å². The Labute approximate surface area is 222 Å². The summed E-state index contributed by atoms with van der Waals surface area (Å²) in [5.74, 6) is -0.947. The van der Waals surface area contributed by atoms with Gasteiger partial charge in [-0.05, 0) is 57.0 Å². The molecule has 1 atom stereocenters. The highest BCUT2D eigenvalue weighted by molar-refractivity contribution is 7.92. The summed E-state index contributed by atoms with van der Waals surface area (Å²) in [6, 6.07) is 8.66. The minimum Gasteiger partial charge on any atom is -0.352 e. The van der Waals surface area contributed by atoms with Crippen LogP contribution in [0.1, 0.15) is 38.3 Å². The van der Waals surface area contributed by atoms with E-state index in [1.165, 1.54) is 11.0 Å². The molecule has 1 N–H and O–H groups in total. The highest BCUT2D eigenvalue weighted by Gasteiger charge is 2.32. The normalized spacial score (nSPS) is 12.4. The first-order valence-electron chi connectivity index (χ1n) is 11.0. The number of nitrogens with one attached hydrogen (secondary N) is 1. The average Bonchev–Trinajstić information content (AvgIpc) is 2.74. The Bertz CT molecular complexity index is 1170. The third-order valence-corrected chi connectivity index (χ3v) is 7.59. The summed E-state index contributed by atoms with van der Waals surface area (Å²) < 4.78 is 26.3. The minimum absolute atomic E-state index is 0.0758. The molecule has 2 rings (SSSR count). The molecule has 0 aromatic heterocycles. The van der Waals surface area contributed by atoms with E-state index in [4.69, 9.17) is 34.8 Å². The predicted octanol–water partition coefficient (Wildman–Crippen LogP) is 5.05. The molecule has 0 saturated heterocycles. The number of halogens is 3. The monoisotopic (exact) mass is 561 g/mol. The Morgan fingerprint density at radius 2 is 1.63 bits per heavy atom. The van der Waals surface area contributed by atoms with Crippen LogP contribution in [0.2, 0.25) is 15.1 Å². The Morgan fingerprint density at radius 1 is 1.03 bits per heavy atom. The Hall–Kier alpha value is -2.00. The van der Waals surface area contributed by atoms with Gasteiger partial charge < -0.3 is 10.2 Å². The lowest BCUT2D eigenvalue weighted by Crippen LogP contribution is -2.53. The van der Waals surface area contributed by atoms with Crippen molar-refractivity contribution in [2.24, 2.45) is 0 Å². The van der Waals surface area contributed by atoms with Crippen molar-refractivity contribution in [3.05, 3.63) is 62.6 Å². The van der Waals surface area contributed by atoms with Crippen molar-refractivity contribution in [1.29, 1.82) is 0 Å². The zero-order valence-electron chi connectivity index (χ0n) is 20.3. The molecule has 35 heavy (non-hydrogen) atoms. The summed E-state index contributed by atoms with van der Waals surface area (Å²) in [7, 11) is -3.86. The number of nitrogens with zero attached hydrogens (tertiary/aromatic N) is 2. The van der Waals surface area contributed by atoms with Crippen molar-refractivity contribution in [1.82, 2.24) is 10.2 Å². The number of benzene rings is 2. The Kier molecular flexibility index (Phi) is 10.3. The second-order valence-electron chi connectivity index (χ2n) is 8.51. The molecule has 0 aliphatic heterocycles. The number of sulfonamides is 1. The molecule has 0 heterocycles. The lowest BCUT2D eigenvalue weighted by molar-refractivity contribution is -0.140. The van der Waals surface area contributed by atoms with E-state index < -0.39 is 28.5 Å². The van der Waals surface area contributed by atoms with Crippen LogP contribution < -0.4 is 9.62 Å². The minimum atomic E-state index is -3.86. The van der Waals surface area contributed by atoms with E-state index in [-0.39, 0.29) is 24.2 Å². The van der Waals surface area contributed by atoms with Gasteiger partial charge in [0.1, 0.15) is 12.6 Å². The van der Waals surface area contributed by atoms with E-state index in [0.717, 1.165) is 16.1 Å². The van der Waals surface area contributed by atoms with Crippen LogP contribution >= 0.6 is 34.8 Å². The maximum absolute atomic E-state index is 13.7. The predicted molar refractivity (Wildman–Crippen MR) is 143 cm³/mol. The zero-order valence-corrected chi connectivity index (χ0v) is 23.4. The summed E-state index contributed by atoms with van der Waals surface area (Å²) in [4.78, 5) is 28.0. The number of aryl methyl sites for hydroxylation is 1. The van der Waals surface area contributed by atoms with Crippen LogP contribution in [-0.4, -0.2) is 50.0 Å². The van der Waals surface area contributed by atoms with Gasteiger partial charge in [-0.2, -0.15) is 0 Å². The molecule has 0 aliphatic carbocycles. The molecule has 0 radical (unpaired) electrons. The maximum atomic E-state index is 13.7. The molecule has 7 nitrogen and oxygen atoms in total. The molecule has 2 aromatic carbocycles. The summed E-state index contributed by atoms with van der Waals surface area (Å²) >= 11 is 18.9. The first-order valence-corrected chi connectivity index (χ1v) is 14.0. The topological polar surface area (TPSA) is 86.8 Å². The van der Waals surface area contributed by atoms with Crippen molar-refractivity contribution in [3.63, 3.8) is 0 Å². The Balaban J connectivity index is 2.52. The number of anilines is 1. The SMILES string of the molecule is CC[C@H](C(=O)NC(C)C)N(Cc1c(Cl)cccc1Cl)C(=O)CN(c1ccc(C)c(Cl)c1)S(C)(=O)=O. The molecule has 192 valence electrons. The molecule has 0 spiro atoms. The fraction of sp³-hybridized carbons (Fsp3) is 0.417. The second-order valence-corrected chi connectivity index (χ2v) is 11.6. The van der Waals surface area contributed by atoms with Crippen LogP contribution in [0, 0.1) is 6.92 Å². The highest BCUT2D eigenvalue weighted by atomic mass is 35.5. The van der Waals surface area contributed by atoms with Crippen molar-refractivity contribution >= 4 is 62.3 Å². The van der Waals surface area contributed by atoms with Crippen LogP contribution in [0.3, 0.4) is 0 Å². The maximum Gasteiger partial charge on any atom is 0.244 e. The number of hydrogen-bond donors (Lipinski definition) is 1. The number of carbonyl (C=O) groups excluding carboxylic acids is 2. The van der Waals surface area contributed by atoms with Gasteiger partial charge in [0.2, 0.25) is 21.8 Å². The number of rotatable bonds is 10. The molecule has 0 bridgehead atoms. The average molecular weight is 563 g/mol. The van der Waals surface area contributed by atoms with Crippen molar-refractivity contribution < 1.29 is 18.0 Å². The molecule has 0 aliphatic rings. The molecule has 2 aromatic rings. The van der Waals surface area contributed by atoms with Crippen molar-refractivity contribution in [2.75, 3.05) is 17.1 Å². The summed E-state index contributed by atoms with van der Waals surface area (Å²) in [5, 5.41) is 3.86. The van der Waals surface area contributed by atoms with E-state index in [1.54, 1.807) is 44.2 Å². The van der Waals surface area contributed by atoms with Crippen molar-refractivity contribution in [3.8, 4) is 0 Å². The molecule has 0 saturated carbocycles. The summed E-state index contributed by atoms with van der Waals surface area (Å²) in [6.07, 6.45) is 1.30. The molecule has 0 fully saturated rings. The van der Waals surface area contributed by atoms with Gasteiger partial charge in [-0.3, -0.25) is 13.9 Å². The molecule has 0 unspecified atom stereocenters. The third kappa shape index (κ3) is 7.74. The van der Waals surface area contributed by atoms with Gasteiger partial charge in [-0.25, -0.2) is 8.42 Å². The fourth-order valence-electron chi connectivity index (χ4n) is 3.50. The second kappa shape index (κ2) is 12.3. The standard InChI is InChI=1S/C24H30Cl3N3O4S/c1-6-22(24(32)28-15(2)3)29(13-18-19(25)8-7-9-20(18)26)23(31)14-30(35(5,33)34)17-11-10-16(4)21(27)12-17/h7-12,15,22H,6,13-14H2,1-5H3,(H,28,32)/t22-/m1/s1. The number of carbonyl (C=O) groups is 2. The summed E-state index contributed by atoms with van der Waals surface area (Å²) in [5.41, 5.74) is 1.47. The van der Waals surface area contributed by atoms with Crippen LogP contribution in [0.15, 0.2) is 36.4 Å². The largest absolute Gasteiger partial charge is 0.352 e. The van der Waals surface area contributed by atoms with Gasteiger partial charge in [-0.15, -0.1) is 0 Å². The molecule has 11 heteroatoms. The molecular formula is C24H30Cl3N3O4S. The fourth-order valence-corrected chi connectivity index (χ4v) is 5.04. The lowest BCUT2D eigenvalue weighted by Gasteiger charge is -2.33. The summed E-state index contributed by atoms with van der Waals surface area (Å²) in [6.45, 7) is 6.57. The van der Waals surface area contributed by atoms with E-state index in [0.29, 0.717) is 27.1 Å². The van der Waals surface area contributed by atoms with E-state index in [2.05, 4.69) is 5.32 Å². The first kappa shape index (κ1) is 29.2. The van der Waals surface area contributed by atoms with Gasteiger partial charge in [0.15, 0.2) is 0 Å².